The van der Waals surface area contributed by atoms with Crippen LogP contribution in [-0.4, -0.2) is 34.9 Å². The normalized spacial score (nSPS) is 14.2. The molecule has 0 bridgehead atoms. The average molecular weight is 489 g/mol. The molecule has 1 saturated heterocycles. The van der Waals surface area contributed by atoms with Gasteiger partial charge in [0, 0.05) is 30.7 Å². The van der Waals surface area contributed by atoms with Gasteiger partial charge in [-0.3, -0.25) is 9.69 Å². The maximum atomic E-state index is 13.0. The van der Waals surface area contributed by atoms with E-state index in [0.717, 1.165) is 17.7 Å². The summed E-state index contributed by atoms with van der Waals surface area (Å²) in [5.41, 5.74) is 1.65. The van der Waals surface area contributed by atoms with E-state index in [1.165, 1.54) is 27.2 Å². The molecular formula is C24H23F3N4O2S. The van der Waals surface area contributed by atoms with E-state index in [0.29, 0.717) is 35.4 Å². The Kier molecular flexibility index (Phi) is 6.60. The molecule has 3 amide bonds. The highest BCUT2D eigenvalue weighted by molar-refractivity contribution is 7.14. The second kappa shape index (κ2) is 9.46. The highest BCUT2D eigenvalue weighted by Gasteiger charge is 2.33. The van der Waals surface area contributed by atoms with Crippen LogP contribution in [-0.2, 0) is 12.7 Å². The first kappa shape index (κ1) is 23.7. The van der Waals surface area contributed by atoms with Crippen molar-refractivity contribution in [3.05, 3.63) is 76.3 Å². The van der Waals surface area contributed by atoms with Gasteiger partial charge in [-0.2, -0.15) is 13.2 Å². The SMILES string of the molecule is CC(C)c1ccc(NC(=O)c2csc(N3CCN(Cc4cccc(C(F)(F)F)c4)C3=O)n2)cc1. The number of nitrogens with zero attached hydrogens (tertiary/aromatic N) is 3. The van der Waals surface area contributed by atoms with Gasteiger partial charge in [0.2, 0.25) is 0 Å². The standard InChI is InChI=1S/C24H23F3N4O2S/c1-15(2)17-6-8-19(9-7-17)28-21(32)20-14-34-22(29-20)31-11-10-30(23(31)33)13-16-4-3-5-18(12-16)24(25,26)27/h3-9,12,14-15H,10-11,13H2,1-2H3,(H,28,32). The van der Waals surface area contributed by atoms with Crippen LogP contribution >= 0.6 is 11.3 Å². The lowest BCUT2D eigenvalue weighted by molar-refractivity contribution is -0.137. The van der Waals surface area contributed by atoms with E-state index in [-0.39, 0.29) is 24.2 Å². The van der Waals surface area contributed by atoms with Crippen LogP contribution in [0.25, 0.3) is 0 Å². The van der Waals surface area contributed by atoms with Crippen molar-refractivity contribution in [1.29, 1.82) is 0 Å². The molecule has 0 radical (unpaired) electrons. The number of hydrogen-bond acceptors (Lipinski definition) is 4. The first-order valence-corrected chi connectivity index (χ1v) is 11.6. The Morgan fingerprint density at radius 1 is 1.15 bits per heavy atom. The zero-order valence-corrected chi connectivity index (χ0v) is 19.4. The van der Waals surface area contributed by atoms with Crippen LogP contribution in [0.1, 0.15) is 46.9 Å². The van der Waals surface area contributed by atoms with E-state index in [9.17, 15) is 22.8 Å². The highest BCUT2D eigenvalue weighted by Crippen LogP contribution is 2.31. The van der Waals surface area contributed by atoms with Crippen molar-refractivity contribution < 1.29 is 22.8 Å². The molecule has 178 valence electrons. The number of rotatable bonds is 6. The molecule has 0 aliphatic carbocycles. The van der Waals surface area contributed by atoms with Crippen molar-refractivity contribution in [1.82, 2.24) is 9.88 Å². The van der Waals surface area contributed by atoms with Gasteiger partial charge in [0.25, 0.3) is 5.91 Å². The molecule has 1 fully saturated rings. The molecule has 6 nitrogen and oxygen atoms in total. The first-order chi connectivity index (χ1) is 16.1. The third-order valence-electron chi connectivity index (χ3n) is 5.51. The summed E-state index contributed by atoms with van der Waals surface area (Å²) in [4.78, 5) is 32.6. The van der Waals surface area contributed by atoms with Gasteiger partial charge in [0.1, 0.15) is 5.69 Å². The molecule has 0 saturated carbocycles. The smallest absolute Gasteiger partial charge is 0.321 e. The number of anilines is 2. The second-order valence-electron chi connectivity index (χ2n) is 8.30. The summed E-state index contributed by atoms with van der Waals surface area (Å²) >= 11 is 1.17. The fraction of sp³-hybridized carbons (Fsp3) is 0.292. The quantitative estimate of drug-likeness (QED) is 0.464. The number of alkyl halides is 3. The van der Waals surface area contributed by atoms with Crippen molar-refractivity contribution in [3.8, 4) is 0 Å². The van der Waals surface area contributed by atoms with Crippen LogP contribution in [0, 0.1) is 0 Å². The Morgan fingerprint density at radius 2 is 1.88 bits per heavy atom. The van der Waals surface area contributed by atoms with Crippen LogP contribution in [0.4, 0.5) is 28.8 Å². The largest absolute Gasteiger partial charge is 0.416 e. The van der Waals surface area contributed by atoms with Crippen molar-refractivity contribution in [2.45, 2.75) is 32.5 Å². The molecule has 1 aliphatic rings. The molecule has 10 heteroatoms. The lowest BCUT2D eigenvalue weighted by Crippen LogP contribution is -2.31. The van der Waals surface area contributed by atoms with E-state index < -0.39 is 11.7 Å². The van der Waals surface area contributed by atoms with Gasteiger partial charge >= 0.3 is 12.2 Å². The van der Waals surface area contributed by atoms with Gasteiger partial charge in [-0.25, -0.2) is 9.78 Å². The first-order valence-electron chi connectivity index (χ1n) is 10.7. The van der Waals surface area contributed by atoms with E-state index in [4.69, 9.17) is 0 Å². The fourth-order valence-electron chi connectivity index (χ4n) is 3.61. The summed E-state index contributed by atoms with van der Waals surface area (Å²) in [5, 5.41) is 4.75. The Morgan fingerprint density at radius 3 is 2.56 bits per heavy atom. The minimum Gasteiger partial charge on any atom is -0.321 e. The number of amides is 3. The number of aromatic nitrogens is 1. The Bertz CT molecular complexity index is 1190. The summed E-state index contributed by atoms with van der Waals surface area (Å²) in [7, 11) is 0. The Balaban J connectivity index is 1.40. The fourth-order valence-corrected chi connectivity index (χ4v) is 4.44. The molecule has 1 aromatic heterocycles. The molecule has 34 heavy (non-hydrogen) atoms. The molecule has 0 spiro atoms. The van der Waals surface area contributed by atoms with Gasteiger partial charge in [0.05, 0.1) is 5.56 Å². The van der Waals surface area contributed by atoms with E-state index in [1.54, 1.807) is 11.4 Å². The summed E-state index contributed by atoms with van der Waals surface area (Å²) in [6, 6.07) is 12.2. The monoisotopic (exact) mass is 488 g/mol. The van der Waals surface area contributed by atoms with E-state index in [1.807, 2.05) is 24.3 Å². The Hall–Kier alpha value is -3.40. The molecule has 4 rings (SSSR count). The molecule has 2 aromatic carbocycles. The van der Waals surface area contributed by atoms with Crippen LogP contribution in [0.2, 0.25) is 0 Å². The van der Waals surface area contributed by atoms with Crippen molar-refractivity contribution in [3.63, 3.8) is 0 Å². The summed E-state index contributed by atoms with van der Waals surface area (Å²) < 4.78 is 38.9. The number of thiazole rings is 1. The van der Waals surface area contributed by atoms with Crippen LogP contribution in [0.15, 0.2) is 53.9 Å². The van der Waals surface area contributed by atoms with Gasteiger partial charge in [-0.1, -0.05) is 38.1 Å². The summed E-state index contributed by atoms with van der Waals surface area (Å²) in [6.07, 6.45) is -4.44. The number of urea groups is 1. The van der Waals surface area contributed by atoms with Gasteiger partial charge in [-0.15, -0.1) is 11.3 Å². The van der Waals surface area contributed by atoms with E-state index >= 15 is 0 Å². The predicted octanol–water partition coefficient (Wildman–Crippen LogP) is 5.98. The lowest BCUT2D eigenvalue weighted by Gasteiger charge is -2.17. The molecule has 3 aromatic rings. The van der Waals surface area contributed by atoms with Crippen LogP contribution < -0.4 is 10.2 Å². The zero-order valence-electron chi connectivity index (χ0n) is 18.6. The maximum Gasteiger partial charge on any atom is 0.416 e. The predicted molar refractivity (Wildman–Crippen MR) is 125 cm³/mol. The number of hydrogen-bond donors (Lipinski definition) is 1. The van der Waals surface area contributed by atoms with Crippen molar-refractivity contribution in [2.24, 2.45) is 0 Å². The maximum absolute atomic E-state index is 13.0. The number of nitrogens with one attached hydrogen (secondary N) is 1. The molecular weight excluding hydrogens is 465 g/mol. The Labute approximate surface area is 199 Å². The van der Waals surface area contributed by atoms with Gasteiger partial charge < -0.3 is 10.2 Å². The van der Waals surface area contributed by atoms with Gasteiger partial charge in [0.15, 0.2) is 5.13 Å². The summed E-state index contributed by atoms with van der Waals surface area (Å²) in [5.74, 6) is 0.00394. The van der Waals surface area contributed by atoms with Crippen LogP contribution in [0.5, 0.6) is 0 Å². The minimum atomic E-state index is -4.44. The number of carbonyl (C=O) groups is 2. The number of halogens is 3. The van der Waals surface area contributed by atoms with E-state index in [2.05, 4.69) is 24.1 Å². The highest BCUT2D eigenvalue weighted by atomic mass is 32.1. The average Bonchev–Trinajstić information content (AvgIpc) is 3.41. The lowest BCUT2D eigenvalue weighted by atomic mass is 10.0. The summed E-state index contributed by atoms with van der Waals surface area (Å²) in [6.45, 7) is 4.92. The zero-order chi connectivity index (χ0) is 24.5. The molecule has 1 N–H and O–H groups in total. The van der Waals surface area contributed by atoms with Gasteiger partial charge in [-0.05, 0) is 41.3 Å². The third-order valence-corrected chi connectivity index (χ3v) is 6.38. The topological polar surface area (TPSA) is 65.5 Å². The molecule has 0 atom stereocenters. The minimum absolute atomic E-state index is 0.0599. The third kappa shape index (κ3) is 5.22. The molecule has 1 aliphatic heterocycles. The second-order valence-corrected chi connectivity index (χ2v) is 9.14. The van der Waals surface area contributed by atoms with Crippen molar-refractivity contribution >= 4 is 34.1 Å². The number of benzene rings is 2. The molecule has 2 heterocycles. The number of carbonyl (C=O) groups excluding carboxylic acids is 2. The molecule has 0 unspecified atom stereocenters. The van der Waals surface area contributed by atoms with Crippen LogP contribution in [0.3, 0.4) is 0 Å². The van der Waals surface area contributed by atoms with Crippen molar-refractivity contribution in [2.75, 3.05) is 23.3 Å².